The van der Waals surface area contributed by atoms with E-state index in [1.165, 1.54) is 0 Å². The molecule has 0 saturated heterocycles. The molecule has 0 bridgehead atoms. The molecule has 4 heteroatoms. The molecule has 0 amide bonds. The molecule has 1 aromatic heterocycles. The highest BCUT2D eigenvalue weighted by atomic mass is 35.5. The van der Waals surface area contributed by atoms with Gasteiger partial charge >= 0.3 is 0 Å². The number of nitrogens with one attached hydrogen (secondary N) is 1. The first-order valence-electron chi connectivity index (χ1n) is 6.46. The topological polar surface area (TPSA) is 37.8 Å². The minimum Gasteiger partial charge on any atom is -0.362 e. The van der Waals surface area contributed by atoms with Crippen LogP contribution >= 0.6 is 11.6 Å². The summed E-state index contributed by atoms with van der Waals surface area (Å²) in [4.78, 5) is 0. The van der Waals surface area contributed by atoms with Crippen LogP contribution in [0.25, 0.3) is 10.8 Å². The van der Waals surface area contributed by atoms with Gasteiger partial charge in [-0.25, -0.2) is 0 Å². The van der Waals surface area contributed by atoms with E-state index in [0.717, 1.165) is 27.2 Å². The van der Waals surface area contributed by atoms with Gasteiger partial charge in [0.1, 0.15) is 0 Å². The Morgan fingerprint density at radius 3 is 2.80 bits per heavy atom. The molecule has 3 nitrogen and oxygen atoms in total. The second-order valence-corrected chi connectivity index (χ2v) is 5.14. The molecule has 0 aliphatic heterocycles. The smallest absolute Gasteiger partial charge is 0.157 e. The maximum absolute atomic E-state index is 6.03. The van der Waals surface area contributed by atoms with E-state index in [4.69, 9.17) is 11.6 Å². The largest absolute Gasteiger partial charge is 0.362 e. The molecule has 0 spiro atoms. The second kappa shape index (κ2) is 5.47. The Kier molecular flexibility index (Phi) is 3.52. The minimum absolute atomic E-state index is 0.105. The quantitative estimate of drug-likeness (QED) is 0.771. The first-order chi connectivity index (χ1) is 9.74. The standard InChI is InChI=1S/C16H14ClN3/c1-11(12-6-4-7-14(17)9-12)19-16-15-8-3-2-5-13(15)10-18-20-16/h2-11H,1H3,(H,19,20). The van der Waals surface area contributed by atoms with Crippen molar-refractivity contribution in [2.24, 2.45) is 0 Å². The summed E-state index contributed by atoms with van der Waals surface area (Å²) in [6, 6.07) is 16.0. The summed E-state index contributed by atoms with van der Waals surface area (Å²) in [5, 5.41) is 14.5. The van der Waals surface area contributed by atoms with E-state index < -0.39 is 0 Å². The van der Waals surface area contributed by atoms with Crippen LogP contribution in [0.2, 0.25) is 5.02 Å². The number of benzene rings is 2. The van der Waals surface area contributed by atoms with Gasteiger partial charge in [-0.3, -0.25) is 0 Å². The third-order valence-corrected chi connectivity index (χ3v) is 3.51. The highest BCUT2D eigenvalue weighted by Crippen LogP contribution is 2.25. The lowest BCUT2D eigenvalue weighted by atomic mass is 10.1. The van der Waals surface area contributed by atoms with Crippen LogP contribution in [0.4, 0.5) is 5.82 Å². The van der Waals surface area contributed by atoms with E-state index in [1.807, 2.05) is 48.5 Å². The predicted molar refractivity (Wildman–Crippen MR) is 83.0 cm³/mol. The second-order valence-electron chi connectivity index (χ2n) is 4.70. The Labute approximate surface area is 122 Å². The molecule has 0 saturated carbocycles. The van der Waals surface area contributed by atoms with Crippen molar-refractivity contribution in [3.8, 4) is 0 Å². The summed E-state index contributed by atoms with van der Waals surface area (Å²) < 4.78 is 0. The lowest BCUT2D eigenvalue weighted by Crippen LogP contribution is -2.08. The van der Waals surface area contributed by atoms with Crippen molar-refractivity contribution in [2.75, 3.05) is 5.32 Å². The van der Waals surface area contributed by atoms with Crippen LogP contribution in [0.1, 0.15) is 18.5 Å². The molecule has 20 heavy (non-hydrogen) atoms. The highest BCUT2D eigenvalue weighted by molar-refractivity contribution is 6.30. The zero-order valence-electron chi connectivity index (χ0n) is 11.0. The van der Waals surface area contributed by atoms with Crippen molar-refractivity contribution in [1.82, 2.24) is 10.2 Å². The first-order valence-corrected chi connectivity index (χ1v) is 6.84. The van der Waals surface area contributed by atoms with E-state index in [1.54, 1.807) is 6.20 Å². The van der Waals surface area contributed by atoms with Crippen LogP contribution in [0.3, 0.4) is 0 Å². The van der Waals surface area contributed by atoms with Gasteiger partial charge in [0.25, 0.3) is 0 Å². The number of hydrogen-bond acceptors (Lipinski definition) is 3. The summed E-state index contributed by atoms with van der Waals surface area (Å²) >= 11 is 6.03. The molecule has 1 heterocycles. The molecular formula is C16H14ClN3. The maximum Gasteiger partial charge on any atom is 0.157 e. The van der Waals surface area contributed by atoms with E-state index in [-0.39, 0.29) is 6.04 Å². The number of nitrogens with zero attached hydrogens (tertiary/aromatic N) is 2. The van der Waals surface area contributed by atoms with Gasteiger partial charge in [-0.2, -0.15) is 5.10 Å². The summed E-state index contributed by atoms with van der Waals surface area (Å²) in [7, 11) is 0. The fraction of sp³-hybridized carbons (Fsp3) is 0.125. The zero-order valence-corrected chi connectivity index (χ0v) is 11.8. The molecule has 3 aromatic rings. The lowest BCUT2D eigenvalue weighted by molar-refractivity contribution is 0.865. The molecule has 0 aliphatic carbocycles. The summed E-state index contributed by atoms with van der Waals surface area (Å²) in [5.41, 5.74) is 1.12. The lowest BCUT2D eigenvalue weighted by Gasteiger charge is -2.16. The average Bonchev–Trinajstić information content (AvgIpc) is 2.47. The van der Waals surface area contributed by atoms with Crippen LogP contribution in [0, 0.1) is 0 Å². The van der Waals surface area contributed by atoms with Gasteiger partial charge in [-0.05, 0) is 24.6 Å². The first kappa shape index (κ1) is 12.9. The monoisotopic (exact) mass is 283 g/mol. The maximum atomic E-state index is 6.03. The highest BCUT2D eigenvalue weighted by Gasteiger charge is 2.09. The van der Waals surface area contributed by atoms with Crippen LogP contribution in [-0.2, 0) is 0 Å². The Bertz CT molecular complexity index is 737. The Morgan fingerprint density at radius 2 is 1.95 bits per heavy atom. The van der Waals surface area contributed by atoms with Gasteiger partial charge in [-0.1, -0.05) is 48.0 Å². The zero-order chi connectivity index (χ0) is 13.9. The normalized spacial score (nSPS) is 12.3. The summed E-state index contributed by atoms with van der Waals surface area (Å²) in [6.45, 7) is 2.08. The number of halogens is 1. The molecule has 0 fully saturated rings. The molecular weight excluding hydrogens is 270 g/mol. The molecule has 3 rings (SSSR count). The van der Waals surface area contributed by atoms with Gasteiger partial charge in [-0.15, -0.1) is 5.10 Å². The third kappa shape index (κ3) is 2.58. The van der Waals surface area contributed by atoms with E-state index >= 15 is 0 Å². The predicted octanol–water partition coefficient (Wildman–Crippen LogP) is 4.46. The molecule has 1 N–H and O–H groups in total. The van der Waals surface area contributed by atoms with E-state index in [0.29, 0.717) is 0 Å². The van der Waals surface area contributed by atoms with Crippen molar-refractivity contribution in [3.63, 3.8) is 0 Å². The number of fused-ring (bicyclic) bond motifs is 1. The average molecular weight is 284 g/mol. The van der Waals surface area contributed by atoms with Crippen molar-refractivity contribution in [1.29, 1.82) is 0 Å². The van der Waals surface area contributed by atoms with Gasteiger partial charge in [0.2, 0.25) is 0 Å². The number of anilines is 1. The molecule has 100 valence electrons. The molecule has 1 unspecified atom stereocenters. The number of hydrogen-bond donors (Lipinski definition) is 1. The van der Waals surface area contributed by atoms with E-state index in [9.17, 15) is 0 Å². The molecule has 0 radical (unpaired) electrons. The Balaban J connectivity index is 1.93. The van der Waals surface area contributed by atoms with Crippen LogP contribution < -0.4 is 5.32 Å². The molecule has 0 aliphatic rings. The summed E-state index contributed by atoms with van der Waals surface area (Å²) in [6.07, 6.45) is 1.77. The number of aromatic nitrogens is 2. The van der Waals surface area contributed by atoms with Crippen molar-refractivity contribution in [2.45, 2.75) is 13.0 Å². The van der Waals surface area contributed by atoms with Crippen LogP contribution in [-0.4, -0.2) is 10.2 Å². The minimum atomic E-state index is 0.105. The Hall–Kier alpha value is -2.13. The fourth-order valence-electron chi connectivity index (χ4n) is 2.20. The van der Waals surface area contributed by atoms with Gasteiger partial charge in [0.05, 0.1) is 12.2 Å². The van der Waals surface area contributed by atoms with Crippen molar-refractivity contribution >= 4 is 28.2 Å². The number of rotatable bonds is 3. The molecule has 1 atom stereocenters. The third-order valence-electron chi connectivity index (χ3n) is 3.27. The van der Waals surface area contributed by atoms with Gasteiger partial charge in [0, 0.05) is 15.8 Å². The SMILES string of the molecule is CC(Nc1nncc2ccccc12)c1cccc(Cl)c1. The summed E-state index contributed by atoms with van der Waals surface area (Å²) in [5.74, 6) is 0.788. The van der Waals surface area contributed by atoms with Crippen molar-refractivity contribution < 1.29 is 0 Å². The van der Waals surface area contributed by atoms with Gasteiger partial charge < -0.3 is 5.32 Å². The van der Waals surface area contributed by atoms with Gasteiger partial charge in [0.15, 0.2) is 5.82 Å². The Morgan fingerprint density at radius 1 is 1.10 bits per heavy atom. The fourth-order valence-corrected chi connectivity index (χ4v) is 2.40. The van der Waals surface area contributed by atoms with Crippen molar-refractivity contribution in [3.05, 3.63) is 65.3 Å². The van der Waals surface area contributed by atoms with E-state index in [2.05, 4.69) is 22.4 Å². The molecule has 2 aromatic carbocycles. The van der Waals surface area contributed by atoms with Crippen LogP contribution in [0.15, 0.2) is 54.7 Å². The van der Waals surface area contributed by atoms with Crippen LogP contribution in [0.5, 0.6) is 0 Å².